The third-order valence-corrected chi connectivity index (χ3v) is 2.95. The van der Waals surface area contributed by atoms with Crippen molar-refractivity contribution in [3.8, 4) is 0 Å². The summed E-state index contributed by atoms with van der Waals surface area (Å²) in [5.41, 5.74) is 2.37. The molecule has 0 radical (unpaired) electrons. The lowest BCUT2D eigenvalue weighted by Gasteiger charge is -2.13. The van der Waals surface area contributed by atoms with E-state index in [1.54, 1.807) is 12.1 Å². The molecule has 2 N–H and O–H groups in total. The summed E-state index contributed by atoms with van der Waals surface area (Å²) in [6, 6.07) is 13.5. The molecule has 0 heterocycles. The zero-order valence-corrected chi connectivity index (χ0v) is 12.1. The topological polar surface area (TPSA) is 44.4 Å². The van der Waals surface area contributed by atoms with E-state index in [0.717, 1.165) is 11.4 Å². The first-order valence-electron chi connectivity index (χ1n) is 6.61. The number of hydrogen-bond donors (Lipinski definition) is 2. The van der Waals surface area contributed by atoms with Crippen molar-refractivity contribution in [2.24, 2.45) is 0 Å². The molecule has 0 aromatic heterocycles. The number of carbonyl (C=O) groups is 1. The first kappa shape index (κ1) is 14.8. The fourth-order valence-corrected chi connectivity index (χ4v) is 1.83. The highest BCUT2D eigenvalue weighted by Crippen LogP contribution is 2.15. The van der Waals surface area contributed by atoms with E-state index < -0.39 is 0 Å². The first-order chi connectivity index (χ1) is 10.0. The highest BCUT2D eigenvalue weighted by atomic mass is 19.1. The number of benzene rings is 2. The first-order valence-corrected chi connectivity index (χ1v) is 6.61. The standard InChI is InChI=1S/C16H18FN3O/c1-20(2)15-8-6-13(7-9-15)19-16(21)11-18-14-5-3-4-12(17)10-14/h3-10,18H,11H2,1-2H3,(H,19,21). The van der Waals surface area contributed by atoms with E-state index in [1.807, 2.05) is 43.3 Å². The highest BCUT2D eigenvalue weighted by Gasteiger charge is 2.03. The van der Waals surface area contributed by atoms with E-state index in [2.05, 4.69) is 10.6 Å². The van der Waals surface area contributed by atoms with Gasteiger partial charge in [-0.15, -0.1) is 0 Å². The SMILES string of the molecule is CN(C)c1ccc(NC(=O)CNc2cccc(F)c2)cc1. The number of halogens is 1. The Labute approximate surface area is 123 Å². The van der Waals surface area contributed by atoms with E-state index >= 15 is 0 Å². The van der Waals surface area contributed by atoms with Crippen LogP contribution >= 0.6 is 0 Å². The Bertz CT molecular complexity index is 611. The normalized spacial score (nSPS) is 10.0. The predicted molar refractivity (Wildman–Crippen MR) is 84.3 cm³/mol. The Hall–Kier alpha value is -2.56. The summed E-state index contributed by atoms with van der Waals surface area (Å²) in [4.78, 5) is 13.8. The van der Waals surface area contributed by atoms with Crippen molar-refractivity contribution >= 4 is 23.0 Å². The van der Waals surface area contributed by atoms with Gasteiger partial charge in [-0.05, 0) is 42.5 Å². The van der Waals surface area contributed by atoms with Crippen LogP contribution in [0, 0.1) is 5.82 Å². The van der Waals surface area contributed by atoms with Crippen molar-refractivity contribution in [2.45, 2.75) is 0 Å². The van der Waals surface area contributed by atoms with Crippen molar-refractivity contribution in [1.29, 1.82) is 0 Å². The molecule has 0 saturated heterocycles. The third kappa shape index (κ3) is 4.49. The van der Waals surface area contributed by atoms with Gasteiger partial charge in [0.15, 0.2) is 0 Å². The van der Waals surface area contributed by atoms with Crippen LogP contribution in [0.3, 0.4) is 0 Å². The van der Waals surface area contributed by atoms with E-state index in [4.69, 9.17) is 0 Å². The average Bonchev–Trinajstić information content (AvgIpc) is 2.46. The van der Waals surface area contributed by atoms with E-state index in [-0.39, 0.29) is 18.3 Å². The van der Waals surface area contributed by atoms with Crippen molar-refractivity contribution in [2.75, 3.05) is 36.2 Å². The van der Waals surface area contributed by atoms with Crippen molar-refractivity contribution in [3.63, 3.8) is 0 Å². The maximum Gasteiger partial charge on any atom is 0.243 e. The van der Waals surface area contributed by atoms with E-state index in [0.29, 0.717) is 5.69 Å². The second-order valence-electron chi connectivity index (χ2n) is 4.85. The zero-order chi connectivity index (χ0) is 15.2. The van der Waals surface area contributed by atoms with Gasteiger partial charge in [0.1, 0.15) is 5.82 Å². The number of rotatable bonds is 5. The van der Waals surface area contributed by atoms with Crippen LogP contribution in [0.15, 0.2) is 48.5 Å². The molecule has 2 aromatic rings. The molecule has 0 atom stereocenters. The van der Waals surface area contributed by atoms with Gasteiger partial charge in [0.05, 0.1) is 6.54 Å². The molecule has 2 rings (SSSR count). The number of anilines is 3. The fourth-order valence-electron chi connectivity index (χ4n) is 1.83. The molecule has 2 aromatic carbocycles. The Morgan fingerprint density at radius 3 is 2.43 bits per heavy atom. The highest BCUT2D eigenvalue weighted by molar-refractivity contribution is 5.93. The predicted octanol–water partition coefficient (Wildman–Crippen LogP) is 2.94. The Kier molecular flexibility index (Phi) is 4.77. The van der Waals surface area contributed by atoms with Crippen LogP contribution in [-0.2, 0) is 4.79 Å². The van der Waals surface area contributed by atoms with E-state index in [1.165, 1.54) is 12.1 Å². The van der Waals surface area contributed by atoms with Gasteiger partial charge in [0, 0.05) is 31.2 Å². The summed E-state index contributed by atoms with van der Waals surface area (Å²) in [7, 11) is 3.91. The Balaban J connectivity index is 1.87. The lowest BCUT2D eigenvalue weighted by molar-refractivity contribution is -0.114. The number of nitrogens with zero attached hydrogens (tertiary/aromatic N) is 1. The number of nitrogens with one attached hydrogen (secondary N) is 2. The van der Waals surface area contributed by atoms with Gasteiger partial charge in [0.25, 0.3) is 0 Å². The van der Waals surface area contributed by atoms with Gasteiger partial charge in [0.2, 0.25) is 5.91 Å². The molecule has 110 valence electrons. The van der Waals surface area contributed by atoms with E-state index in [9.17, 15) is 9.18 Å². The lowest BCUT2D eigenvalue weighted by atomic mass is 10.2. The quantitative estimate of drug-likeness (QED) is 0.888. The average molecular weight is 287 g/mol. The molecule has 21 heavy (non-hydrogen) atoms. The minimum absolute atomic E-state index is 0.0822. The molecule has 0 spiro atoms. The Morgan fingerprint density at radius 1 is 1.10 bits per heavy atom. The van der Waals surface area contributed by atoms with Crippen LogP contribution in [0.2, 0.25) is 0 Å². The van der Waals surface area contributed by atoms with Gasteiger partial charge < -0.3 is 15.5 Å². The van der Waals surface area contributed by atoms with Gasteiger partial charge in [-0.25, -0.2) is 4.39 Å². The summed E-state index contributed by atoms with van der Waals surface area (Å²) in [6.45, 7) is 0.0822. The lowest BCUT2D eigenvalue weighted by Crippen LogP contribution is -2.21. The fraction of sp³-hybridized carbons (Fsp3) is 0.188. The number of hydrogen-bond acceptors (Lipinski definition) is 3. The van der Waals surface area contributed by atoms with Gasteiger partial charge in [-0.1, -0.05) is 6.07 Å². The van der Waals surface area contributed by atoms with Gasteiger partial charge in [-0.3, -0.25) is 4.79 Å². The molecule has 0 aliphatic heterocycles. The smallest absolute Gasteiger partial charge is 0.243 e. The monoisotopic (exact) mass is 287 g/mol. The zero-order valence-electron chi connectivity index (χ0n) is 12.1. The van der Waals surface area contributed by atoms with Crippen LogP contribution in [0.25, 0.3) is 0 Å². The molecule has 0 aliphatic carbocycles. The molecular weight excluding hydrogens is 269 g/mol. The molecule has 0 bridgehead atoms. The van der Waals surface area contributed by atoms with Crippen molar-refractivity contribution in [1.82, 2.24) is 0 Å². The second-order valence-corrected chi connectivity index (χ2v) is 4.85. The summed E-state index contributed by atoms with van der Waals surface area (Å²) in [6.07, 6.45) is 0. The van der Waals surface area contributed by atoms with Crippen LogP contribution < -0.4 is 15.5 Å². The number of amides is 1. The molecule has 0 unspecified atom stereocenters. The maximum absolute atomic E-state index is 13.0. The minimum atomic E-state index is -0.334. The molecule has 0 aliphatic rings. The van der Waals surface area contributed by atoms with Crippen LogP contribution in [0.4, 0.5) is 21.5 Å². The molecular formula is C16H18FN3O. The number of carbonyl (C=O) groups excluding carboxylic acids is 1. The summed E-state index contributed by atoms with van der Waals surface area (Å²) >= 11 is 0. The van der Waals surface area contributed by atoms with Crippen molar-refractivity contribution in [3.05, 3.63) is 54.3 Å². The van der Waals surface area contributed by atoms with Crippen LogP contribution in [0.1, 0.15) is 0 Å². The minimum Gasteiger partial charge on any atom is -0.378 e. The van der Waals surface area contributed by atoms with Crippen molar-refractivity contribution < 1.29 is 9.18 Å². The van der Waals surface area contributed by atoms with Crippen LogP contribution in [-0.4, -0.2) is 26.5 Å². The summed E-state index contributed by atoms with van der Waals surface area (Å²) in [5, 5.41) is 5.65. The second kappa shape index (κ2) is 6.74. The Morgan fingerprint density at radius 2 is 1.81 bits per heavy atom. The third-order valence-electron chi connectivity index (χ3n) is 2.95. The van der Waals surface area contributed by atoms with Crippen LogP contribution in [0.5, 0.6) is 0 Å². The van der Waals surface area contributed by atoms with Gasteiger partial charge >= 0.3 is 0 Å². The molecule has 1 amide bonds. The molecule has 5 heteroatoms. The largest absolute Gasteiger partial charge is 0.378 e. The maximum atomic E-state index is 13.0. The molecule has 4 nitrogen and oxygen atoms in total. The summed E-state index contributed by atoms with van der Waals surface area (Å²) in [5.74, 6) is -0.517. The molecule has 0 saturated carbocycles. The van der Waals surface area contributed by atoms with Gasteiger partial charge in [-0.2, -0.15) is 0 Å². The molecule has 0 fully saturated rings. The summed E-state index contributed by atoms with van der Waals surface area (Å²) < 4.78 is 13.0.